The topological polar surface area (TPSA) is 126 Å². The van der Waals surface area contributed by atoms with Gasteiger partial charge in [0.25, 0.3) is 0 Å². The van der Waals surface area contributed by atoms with Crippen LogP contribution in [0.2, 0.25) is 0 Å². The van der Waals surface area contributed by atoms with E-state index >= 15 is 0 Å². The highest BCUT2D eigenvalue weighted by Gasteiger charge is 2.33. The van der Waals surface area contributed by atoms with Gasteiger partial charge in [-0.3, -0.25) is 4.90 Å². The van der Waals surface area contributed by atoms with E-state index < -0.39 is 0 Å². The van der Waals surface area contributed by atoms with E-state index in [1.807, 2.05) is 12.1 Å². The number of urea groups is 1. The molecule has 1 saturated heterocycles. The number of anilines is 2. The Balaban J connectivity index is 1.53. The summed E-state index contributed by atoms with van der Waals surface area (Å²) in [6.45, 7) is 8.83. The first-order valence-electron chi connectivity index (χ1n) is 12.7. The number of ketones is 1. The molecule has 3 heterocycles. The quantitative estimate of drug-likeness (QED) is 0.518. The zero-order valence-electron chi connectivity index (χ0n) is 21.6. The van der Waals surface area contributed by atoms with Gasteiger partial charge in [0.2, 0.25) is 0 Å². The van der Waals surface area contributed by atoms with Gasteiger partial charge in [0, 0.05) is 36.3 Å². The second-order valence-corrected chi connectivity index (χ2v) is 9.23. The lowest BCUT2D eigenvalue weighted by molar-refractivity contribution is -0.117. The Morgan fingerprint density at radius 3 is 2.65 bits per heavy atom. The van der Waals surface area contributed by atoms with E-state index in [1.54, 1.807) is 24.0 Å². The summed E-state index contributed by atoms with van der Waals surface area (Å²) < 4.78 is 10.8. The second kappa shape index (κ2) is 12.0. The number of fused-ring (bicyclic) bond motifs is 1. The lowest BCUT2D eigenvalue weighted by Gasteiger charge is -2.35. The number of Topliss-reactive ketones (excluding diaryl/α,β-unsaturated/α-hetero) is 1. The molecule has 1 aromatic carbocycles. The fourth-order valence-corrected chi connectivity index (χ4v) is 4.41. The number of rotatable bonds is 8. The van der Waals surface area contributed by atoms with Crippen LogP contribution in [0.3, 0.4) is 0 Å². The second-order valence-electron chi connectivity index (χ2n) is 9.23. The maximum absolute atomic E-state index is 12.4. The Labute approximate surface area is 216 Å². The number of hydrogen-bond donors (Lipinski definition) is 2. The highest BCUT2D eigenvalue weighted by Crippen LogP contribution is 2.34. The van der Waals surface area contributed by atoms with E-state index in [1.165, 1.54) is 6.92 Å². The zero-order valence-corrected chi connectivity index (χ0v) is 21.6. The van der Waals surface area contributed by atoms with Crippen LogP contribution in [0.5, 0.6) is 0 Å². The molecule has 4 rings (SSSR count). The molecule has 3 amide bonds. The maximum Gasteiger partial charge on any atom is 0.410 e. The van der Waals surface area contributed by atoms with Gasteiger partial charge in [-0.1, -0.05) is 0 Å². The van der Waals surface area contributed by atoms with Crippen molar-refractivity contribution in [3.63, 3.8) is 0 Å². The lowest BCUT2D eigenvalue weighted by atomic mass is 10.1. The van der Waals surface area contributed by atoms with E-state index in [0.29, 0.717) is 70.4 Å². The van der Waals surface area contributed by atoms with Crippen molar-refractivity contribution in [2.45, 2.75) is 52.7 Å². The summed E-state index contributed by atoms with van der Waals surface area (Å²) in [6, 6.07) is 7.12. The number of benzene rings is 1. The molecule has 0 saturated carbocycles. The van der Waals surface area contributed by atoms with Crippen LogP contribution in [-0.2, 0) is 27.4 Å². The number of ether oxygens (including phenoxy) is 2. The van der Waals surface area contributed by atoms with Crippen molar-refractivity contribution in [2.75, 3.05) is 43.1 Å². The molecule has 37 heavy (non-hydrogen) atoms. The first kappa shape index (κ1) is 26.3. The predicted molar refractivity (Wildman–Crippen MR) is 138 cm³/mol. The van der Waals surface area contributed by atoms with Gasteiger partial charge >= 0.3 is 12.1 Å². The Hall–Kier alpha value is -3.73. The average Bonchev–Trinajstić information content (AvgIpc) is 3.32. The van der Waals surface area contributed by atoms with Crippen LogP contribution in [0.15, 0.2) is 24.3 Å². The van der Waals surface area contributed by atoms with Gasteiger partial charge in [0.15, 0.2) is 5.82 Å². The van der Waals surface area contributed by atoms with Crippen LogP contribution < -0.4 is 15.5 Å². The molecular weight excluding hydrogens is 476 g/mol. The van der Waals surface area contributed by atoms with E-state index in [9.17, 15) is 14.4 Å². The van der Waals surface area contributed by atoms with Crippen LogP contribution in [0.1, 0.15) is 44.9 Å². The van der Waals surface area contributed by atoms with Gasteiger partial charge in [0.1, 0.15) is 11.6 Å². The van der Waals surface area contributed by atoms with Crippen molar-refractivity contribution in [1.29, 1.82) is 0 Å². The van der Waals surface area contributed by atoms with Crippen molar-refractivity contribution >= 4 is 29.4 Å². The Morgan fingerprint density at radius 2 is 1.95 bits per heavy atom. The summed E-state index contributed by atoms with van der Waals surface area (Å²) in [6.07, 6.45) is 0.686. The Kier molecular flexibility index (Phi) is 8.54. The first-order valence-corrected chi connectivity index (χ1v) is 12.7. The molecule has 198 valence electrons. The van der Waals surface area contributed by atoms with Crippen molar-refractivity contribution in [3.05, 3.63) is 35.5 Å². The molecular formula is C26H34N6O5. The molecule has 0 unspecified atom stereocenters. The molecule has 2 aliphatic heterocycles. The summed E-state index contributed by atoms with van der Waals surface area (Å²) in [5.74, 6) is 1.47. The van der Waals surface area contributed by atoms with Crippen LogP contribution in [0.4, 0.5) is 21.1 Å². The third kappa shape index (κ3) is 6.53. The molecule has 2 N–H and O–H groups in total. The van der Waals surface area contributed by atoms with Gasteiger partial charge in [0.05, 0.1) is 44.6 Å². The number of nitrogens with zero attached hydrogens (tertiary/aromatic N) is 4. The number of amides is 3. The minimum absolute atomic E-state index is 0.103. The molecule has 0 spiro atoms. The van der Waals surface area contributed by atoms with Crippen LogP contribution in [0, 0.1) is 0 Å². The molecule has 1 aromatic heterocycles. The summed E-state index contributed by atoms with van der Waals surface area (Å²) in [7, 11) is 0. The van der Waals surface area contributed by atoms with Crippen molar-refractivity contribution < 1.29 is 23.9 Å². The number of morpholine rings is 1. The Bertz CT molecular complexity index is 1140. The van der Waals surface area contributed by atoms with Crippen molar-refractivity contribution in [1.82, 2.24) is 20.2 Å². The normalized spacial score (nSPS) is 16.8. The van der Waals surface area contributed by atoms with E-state index in [0.717, 1.165) is 22.6 Å². The highest BCUT2D eigenvalue weighted by molar-refractivity contribution is 5.89. The summed E-state index contributed by atoms with van der Waals surface area (Å²) in [4.78, 5) is 49.2. The number of hydrogen-bond acceptors (Lipinski definition) is 8. The summed E-state index contributed by atoms with van der Waals surface area (Å²) in [5.41, 5.74) is 3.17. The monoisotopic (exact) mass is 510 g/mol. The maximum atomic E-state index is 12.4. The molecule has 2 aliphatic rings. The van der Waals surface area contributed by atoms with Gasteiger partial charge in [-0.25, -0.2) is 19.6 Å². The molecule has 11 heteroatoms. The zero-order chi connectivity index (χ0) is 26.4. The Morgan fingerprint density at radius 1 is 1.16 bits per heavy atom. The minimum atomic E-state index is -0.363. The van der Waals surface area contributed by atoms with Crippen LogP contribution in [-0.4, -0.2) is 71.7 Å². The lowest BCUT2D eigenvalue weighted by Crippen LogP contribution is -2.44. The van der Waals surface area contributed by atoms with E-state index in [2.05, 4.69) is 22.5 Å². The molecule has 2 aromatic rings. The number of aromatic nitrogens is 2. The molecule has 11 nitrogen and oxygen atoms in total. The SMILES string of the molecule is CCOC(=O)N1Cc2nc(-c3ccc(NC(=O)NCCCC(C)=O)cc3)nc(N3CCOC[C@@H]3C)c2C1. The standard InChI is InChI=1S/C26H34N6O5/c1-4-37-26(35)31-14-21-22(15-31)29-23(30-24(21)32-12-13-36-16-17(32)2)19-7-9-20(10-8-19)28-25(34)27-11-5-6-18(3)33/h7-10,17H,4-6,11-16H2,1-3H3,(H2,27,28,34)/t17-/m0/s1. The van der Waals surface area contributed by atoms with Gasteiger partial charge < -0.3 is 29.8 Å². The van der Waals surface area contributed by atoms with Gasteiger partial charge in [-0.2, -0.15) is 0 Å². The minimum Gasteiger partial charge on any atom is -0.450 e. The van der Waals surface area contributed by atoms with E-state index in [-0.39, 0.29) is 23.9 Å². The third-order valence-corrected chi connectivity index (χ3v) is 6.32. The number of carbonyl (C=O) groups is 3. The van der Waals surface area contributed by atoms with Crippen molar-refractivity contribution in [3.8, 4) is 11.4 Å². The summed E-state index contributed by atoms with van der Waals surface area (Å²) >= 11 is 0. The van der Waals surface area contributed by atoms with E-state index in [4.69, 9.17) is 19.4 Å². The fourth-order valence-electron chi connectivity index (χ4n) is 4.41. The van der Waals surface area contributed by atoms with Crippen molar-refractivity contribution in [2.24, 2.45) is 0 Å². The highest BCUT2D eigenvalue weighted by atomic mass is 16.6. The van der Waals surface area contributed by atoms with Gasteiger partial charge in [-0.05, 0) is 51.5 Å². The smallest absolute Gasteiger partial charge is 0.410 e. The average molecular weight is 511 g/mol. The third-order valence-electron chi connectivity index (χ3n) is 6.32. The van der Waals surface area contributed by atoms with Crippen LogP contribution in [0.25, 0.3) is 11.4 Å². The number of nitrogens with one attached hydrogen (secondary N) is 2. The fraction of sp³-hybridized carbons (Fsp3) is 0.500. The first-order chi connectivity index (χ1) is 17.9. The molecule has 0 radical (unpaired) electrons. The predicted octanol–water partition coefficient (Wildman–Crippen LogP) is 3.33. The molecule has 0 bridgehead atoms. The number of carbonyl (C=O) groups excluding carboxylic acids is 3. The van der Waals surface area contributed by atoms with Gasteiger partial charge in [-0.15, -0.1) is 0 Å². The molecule has 1 atom stereocenters. The largest absolute Gasteiger partial charge is 0.450 e. The molecule has 0 aliphatic carbocycles. The molecule has 1 fully saturated rings. The summed E-state index contributed by atoms with van der Waals surface area (Å²) in [5, 5.41) is 5.54. The van der Waals surface area contributed by atoms with Crippen LogP contribution >= 0.6 is 0 Å².